The van der Waals surface area contributed by atoms with E-state index in [0.717, 1.165) is 6.42 Å². The zero-order valence-electron chi connectivity index (χ0n) is 10.6. The van der Waals surface area contributed by atoms with Crippen molar-refractivity contribution in [1.82, 2.24) is 4.72 Å². The average molecular weight is 356 g/mol. The molecule has 104 valence electrons. The summed E-state index contributed by atoms with van der Waals surface area (Å²) in [5, 5.41) is 9.02. The summed E-state index contributed by atoms with van der Waals surface area (Å²) in [5.74, 6) is 0.432. The molecule has 18 heavy (non-hydrogen) atoms. The Bertz CT molecular complexity index is 496. The van der Waals surface area contributed by atoms with Crippen molar-refractivity contribution in [2.45, 2.75) is 44.7 Å². The maximum absolute atomic E-state index is 12.2. The fourth-order valence-corrected chi connectivity index (χ4v) is 5.54. The van der Waals surface area contributed by atoms with E-state index in [-0.39, 0.29) is 17.5 Å². The molecule has 1 heterocycles. The maximum Gasteiger partial charge on any atom is 0.242 e. The third-order valence-electron chi connectivity index (χ3n) is 2.33. The first-order valence-electron chi connectivity index (χ1n) is 5.67. The SMILES string of the molecule is CC(C)CC(C)NS(=O)(=O)c1cc(CO)sc1Br. The molecular formula is C11H18BrNO3S2. The fraction of sp³-hybridized carbons (Fsp3) is 0.636. The monoisotopic (exact) mass is 355 g/mol. The summed E-state index contributed by atoms with van der Waals surface area (Å²) in [6.45, 7) is 5.80. The molecule has 1 aromatic heterocycles. The van der Waals surface area contributed by atoms with Gasteiger partial charge >= 0.3 is 0 Å². The van der Waals surface area contributed by atoms with E-state index in [0.29, 0.717) is 14.6 Å². The molecule has 0 radical (unpaired) electrons. The van der Waals surface area contributed by atoms with Crippen LogP contribution in [0.15, 0.2) is 14.7 Å². The third kappa shape index (κ3) is 4.31. The summed E-state index contributed by atoms with van der Waals surface area (Å²) in [5.41, 5.74) is 0. The second kappa shape index (κ2) is 6.47. The number of sulfonamides is 1. The van der Waals surface area contributed by atoms with E-state index >= 15 is 0 Å². The molecule has 1 aromatic rings. The highest BCUT2D eigenvalue weighted by Crippen LogP contribution is 2.31. The molecule has 0 bridgehead atoms. The van der Waals surface area contributed by atoms with Crippen LogP contribution in [0.25, 0.3) is 0 Å². The summed E-state index contributed by atoms with van der Waals surface area (Å²) in [7, 11) is -3.52. The summed E-state index contributed by atoms with van der Waals surface area (Å²) >= 11 is 4.45. The van der Waals surface area contributed by atoms with Gasteiger partial charge in [0.15, 0.2) is 0 Å². The minimum absolute atomic E-state index is 0.112. The largest absolute Gasteiger partial charge is 0.391 e. The van der Waals surface area contributed by atoms with Crippen molar-refractivity contribution in [3.8, 4) is 0 Å². The number of halogens is 1. The maximum atomic E-state index is 12.2. The first-order chi connectivity index (χ1) is 8.26. The van der Waals surface area contributed by atoms with Gasteiger partial charge in [-0.15, -0.1) is 11.3 Å². The first-order valence-corrected chi connectivity index (χ1v) is 8.77. The minimum atomic E-state index is -3.52. The van der Waals surface area contributed by atoms with E-state index in [2.05, 4.69) is 34.5 Å². The van der Waals surface area contributed by atoms with Crippen LogP contribution in [-0.4, -0.2) is 19.6 Å². The Kier molecular flexibility index (Phi) is 5.79. The molecule has 0 amide bonds. The number of thiophene rings is 1. The third-order valence-corrected chi connectivity index (χ3v) is 6.16. The van der Waals surface area contributed by atoms with Crippen LogP contribution in [0.5, 0.6) is 0 Å². The lowest BCUT2D eigenvalue weighted by molar-refractivity contribution is 0.285. The molecule has 0 aliphatic rings. The van der Waals surface area contributed by atoms with Gasteiger partial charge in [0.25, 0.3) is 0 Å². The number of aliphatic hydroxyl groups is 1. The molecule has 0 aliphatic carbocycles. The van der Waals surface area contributed by atoms with Crippen LogP contribution in [-0.2, 0) is 16.6 Å². The van der Waals surface area contributed by atoms with Crippen molar-refractivity contribution in [2.24, 2.45) is 5.92 Å². The van der Waals surface area contributed by atoms with Crippen molar-refractivity contribution in [3.63, 3.8) is 0 Å². The smallest absolute Gasteiger partial charge is 0.242 e. The Labute approximate surface area is 121 Å². The highest BCUT2D eigenvalue weighted by Gasteiger charge is 2.23. The van der Waals surface area contributed by atoms with E-state index < -0.39 is 10.0 Å². The predicted molar refractivity (Wildman–Crippen MR) is 77.2 cm³/mol. The molecule has 1 rings (SSSR count). The minimum Gasteiger partial charge on any atom is -0.391 e. The molecule has 0 spiro atoms. The molecule has 7 heteroatoms. The van der Waals surface area contributed by atoms with Gasteiger partial charge in [0.1, 0.15) is 4.90 Å². The van der Waals surface area contributed by atoms with E-state index in [9.17, 15) is 8.42 Å². The van der Waals surface area contributed by atoms with Crippen LogP contribution < -0.4 is 4.72 Å². The van der Waals surface area contributed by atoms with E-state index in [1.54, 1.807) is 0 Å². The topological polar surface area (TPSA) is 66.4 Å². The lowest BCUT2D eigenvalue weighted by atomic mass is 10.1. The van der Waals surface area contributed by atoms with Gasteiger partial charge in [0, 0.05) is 10.9 Å². The standard InChI is InChI=1S/C11H18BrNO3S2/c1-7(2)4-8(3)13-18(15,16)10-5-9(6-14)17-11(10)12/h5,7-8,13-14H,4,6H2,1-3H3. The van der Waals surface area contributed by atoms with Crippen LogP contribution >= 0.6 is 27.3 Å². The lowest BCUT2D eigenvalue weighted by Crippen LogP contribution is -2.33. The van der Waals surface area contributed by atoms with Gasteiger partial charge in [-0.05, 0) is 41.3 Å². The van der Waals surface area contributed by atoms with Gasteiger partial charge in [-0.25, -0.2) is 13.1 Å². The summed E-state index contributed by atoms with van der Waals surface area (Å²) < 4.78 is 27.5. The van der Waals surface area contributed by atoms with Gasteiger partial charge in [0.2, 0.25) is 10.0 Å². The van der Waals surface area contributed by atoms with Gasteiger partial charge in [-0.2, -0.15) is 0 Å². The fourth-order valence-electron chi connectivity index (χ4n) is 1.74. The molecule has 2 N–H and O–H groups in total. The molecule has 0 fully saturated rings. The normalized spacial score (nSPS) is 14.1. The molecule has 1 unspecified atom stereocenters. The quantitative estimate of drug-likeness (QED) is 0.824. The number of nitrogens with one attached hydrogen (secondary N) is 1. The Morgan fingerprint density at radius 3 is 2.50 bits per heavy atom. The predicted octanol–water partition coefficient (Wildman–Crippen LogP) is 2.72. The lowest BCUT2D eigenvalue weighted by Gasteiger charge is -2.15. The van der Waals surface area contributed by atoms with E-state index in [1.165, 1.54) is 17.4 Å². The number of aliphatic hydroxyl groups excluding tert-OH is 1. The average Bonchev–Trinajstić information content (AvgIpc) is 2.58. The highest BCUT2D eigenvalue weighted by molar-refractivity contribution is 9.11. The van der Waals surface area contributed by atoms with Gasteiger partial charge < -0.3 is 5.11 Å². The second-order valence-electron chi connectivity index (χ2n) is 4.66. The molecule has 0 aromatic carbocycles. The van der Waals surface area contributed by atoms with Crippen LogP contribution in [0.3, 0.4) is 0 Å². The molecule has 0 saturated heterocycles. The Hall–Kier alpha value is 0.0500. The Morgan fingerprint density at radius 2 is 2.06 bits per heavy atom. The van der Waals surface area contributed by atoms with Gasteiger partial charge in [-0.1, -0.05) is 13.8 Å². The van der Waals surface area contributed by atoms with Crippen LogP contribution in [0.1, 0.15) is 32.1 Å². The van der Waals surface area contributed by atoms with E-state index in [1.807, 2.05) is 6.92 Å². The van der Waals surface area contributed by atoms with E-state index in [4.69, 9.17) is 5.11 Å². The highest BCUT2D eigenvalue weighted by atomic mass is 79.9. The Morgan fingerprint density at radius 1 is 1.44 bits per heavy atom. The molecule has 4 nitrogen and oxygen atoms in total. The van der Waals surface area contributed by atoms with Crippen LogP contribution in [0.2, 0.25) is 0 Å². The Balaban J connectivity index is 2.89. The van der Waals surface area contributed by atoms with Crippen LogP contribution in [0.4, 0.5) is 0 Å². The van der Waals surface area contributed by atoms with Crippen molar-refractivity contribution >= 4 is 37.3 Å². The number of hydrogen-bond donors (Lipinski definition) is 2. The summed E-state index contributed by atoms with van der Waals surface area (Å²) in [6.07, 6.45) is 0.786. The summed E-state index contributed by atoms with van der Waals surface area (Å²) in [6, 6.07) is 1.39. The van der Waals surface area contributed by atoms with Crippen molar-refractivity contribution < 1.29 is 13.5 Å². The van der Waals surface area contributed by atoms with Crippen LogP contribution in [0, 0.1) is 5.92 Å². The first kappa shape index (κ1) is 16.1. The van der Waals surface area contributed by atoms with Gasteiger partial charge in [0.05, 0.1) is 10.4 Å². The van der Waals surface area contributed by atoms with Crippen molar-refractivity contribution in [2.75, 3.05) is 0 Å². The van der Waals surface area contributed by atoms with Crippen molar-refractivity contribution in [3.05, 3.63) is 14.7 Å². The number of rotatable bonds is 6. The van der Waals surface area contributed by atoms with Crippen molar-refractivity contribution in [1.29, 1.82) is 0 Å². The molecule has 1 atom stereocenters. The zero-order chi connectivity index (χ0) is 13.9. The van der Waals surface area contributed by atoms with Gasteiger partial charge in [-0.3, -0.25) is 0 Å². The molecule has 0 saturated carbocycles. The zero-order valence-corrected chi connectivity index (χ0v) is 13.8. The number of hydrogen-bond acceptors (Lipinski definition) is 4. The molecular weight excluding hydrogens is 338 g/mol. The summed E-state index contributed by atoms with van der Waals surface area (Å²) in [4.78, 5) is 0.825. The second-order valence-corrected chi connectivity index (χ2v) is 8.80. The molecule has 0 aliphatic heterocycles.